The van der Waals surface area contributed by atoms with E-state index in [-0.39, 0.29) is 147 Å². The number of hydrogen-bond donors (Lipinski definition) is 0. The van der Waals surface area contributed by atoms with Crippen LogP contribution >= 0.6 is 0 Å². The van der Waals surface area contributed by atoms with Crippen LogP contribution in [0.4, 0.5) is 0 Å². The summed E-state index contributed by atoms with van der Waals surface area (Å²) in [7, 11) is 0. The van der Waals surface area contributed by atoms with Gasteiger partial charge in [0.05, 0.1) is 0 Å². The van der Waals surface area contributed by atoms with Gasteiger partial charge in [0.1, 0.15) is 0 Å². The summed E-state index contributed by atoms with van der Waals surface area (Å²) >= 11 is 0. The zero-order valence-electron chi connectivity index (χ0n) is 3.05. The van der Waals surface area contributed by atoms with Gasteiger partial charge in [0, 0.05) is 97.9 Å². The third-order valence-corrected chi connectivity index (χ3v) is 0. The monoisotopic (exact) mass is 813 g/mol. The van der Waals surface area contributed by atoms with E-state index in [9.17, 15) is 0 Å². The molecule has 0 fully saturated rings. The van der Waals surface area contributed by atoms with Gasteiger partial charge in [-0.2, -0.15) is 0 Å². The van der Waals surface area contributed by atoms with Crippen LogP contribution in [0, 0.1) is 0 Å². The third kappa shape index (κ3) is 46.1. The second-order valence-electron chi connectivity index (χ2n) is 0. The zero-order chi connectivity index (χ0) is 0. The third-order valence-electron chi connectivity index (χ3n) is 0. The summed E-state index contributed by atoms with van der Waals surface area (Å²) in [6, 6.07) is 0. The molecular formula is Al2Ni3Pt3+6. The van der Waals surface area contributed by atoms with Crippen molar-refractivity contribution in [1.82, 2.24) is 0 Å². The summed E-state index contributed by atoms with van der Waals surface area (Å²) < 4.78 is 0. The van der Waals surface area contributed by atoms with Crippen molar-refractivity contribution in [3.8, 4) is 0 Å². The largest absolute Gasteiger partial charge is 2.00 e. The van der Waals surface area contributed by atoms with Gasteiger partial charge in [0.15, 0.2) is 0 Å². The molecule has 0 aromatic carbocycles. The molecule has 0 aromatic heterocycles. The topological polar surface area (TPSA) is 0 Å². The minimum atomic E-state index is 0. The van der Waals surface area contributed by atoms with Crippen LogP contribution in [0.5, 0.6) is 0 Å². The Morgan fingerprint density at radius 1 is 0.375 bits per heavy atom. The molecular weight excluding hydrogens is 815 g/mol. The van der Waals surface area contributed by atoms with Crippen molar-refractivity contribution >= 4 is 34.7 Å². The summed E-state index contributed by atoms with van der Waals surface area (Å²) in [4.78, 5) is 0. The van der Waals surface area contributed by atoms with Crippen molar-refractivity contribution in [2.45, 2.75) is 0 Å². The molecule has 0 atom stereocenters. The fourth-order valence-corrected chi connectivity index (χ4v) is 0. The quantitative estimate of drug-likeness (QED) is 0.282. The Hall–Kier alpha value is 4.61. The van der Waals surface area contributed by atoms with Crippen molar-refractivity contribution in [2.75, 3.05) is 0 Å². The molecule has 0 rings (SSSR count). The molecule has 0 aliphatic rings. The van der Waals surface area contributed by atoms with Crippen molar-refractivity contribution in [3.05, 3.63) is 0 Å². The molecule has 0 saturated carbocycles. The molecule has 60 valence electrons. The van der Waals surface area contributed by atoms with E-state index in [0.29, 0.717) is 0 Å². The normalized spacial score (nSPS) is 0. The Morgan fingerprint density at radius 3 is 0.375 bits per heavy atom. The maximum Gasteiger partial charge on any atom is 2.00 e. The van der Waals surface area contributed by atoms with Crippen LogP contribution in [-0.2, 0) is 113 Å². The van der Waals surface area contributed by atoms with E-state index in [1.807, 2.05) is 0 Å². The number of hydrogen-bond acceptors (Lipinski definition) is 0. The van der Waals surface area contributed by atoms with Crippen LogP contribution in [0.15, 0.2) is 0 Å². The Morgan fingerprint density at radius 2 is 0.375 bits per heavy atom. The molecule has 0 aliphatic carbocycles. The predicted octanol–water partition coefficient (Wildman–Crippen LogP) is -0.777. The second kappa shape index (κ2) is 61.5. The summed E-state index contributed by atoms with van der Waals surface area (Å²) in [5.74, 6) is 0. The first-order chi connectivity index (χ1) is 0. The van der Waals surface area contributed by atoms with Crippen LogP contribution in [0.1, 0.15) is 0 Å². The van der Waals surface area contributed by atoms with Crippen LogP contribution in [-0.4, -0.2) is 34.7 Å². The Kier molecular flexibility index (Phi) is 615. The molecule has 0 N–H and O–H groups in total. The van der Waals surface area contributed by atoms with E-state index >= 15 is 0 Å². The van der Waals surface area contributed by atoms with Gasteiger partial charge in [-0.25, -0.2) is 0 Å². The molecule has 0 bridgehead atoms. The van der Waals surface area contributed by atoms with Crippen molar-refractivity contribution in [3.63, 3.8) is 0 Å². The van der Waals surface area contributed by atoms with Gasteiger partial charge >= 0.3 is 49.5 Å². The molecule has 0 aliphatic heterocycles. The molecule has 8 heteroatoms. The SMILES string of the molecule is [Al].[Al].[Ni+2].[Ni+2].[Ni+2].[Pt].[Pt].[Pt]. The van der Waals surface area contributed by atoms with Gasteiger partial charge < -0.3 is 0 Å². The minimum absolute atomic E-state index is 0. The van der Waals surface area contributed by atoms with E-state index in [1.165, 1.54) is 0 Å². The second-order valence-corrected chi connectivity index (χ2v) is 0. The van der Waals surface area contributed by atoms with Crippen LogP contribution < -0.4 is 0 Å². The minimum Gasteiger partial charge on any atom is 0 e. The van der Waals surface area contributed by atoms with E-state index in [1.54, 1.807) is 0 Å². The molecule has 0 amide bonds. The molecule has 0 unspecified atom stereocenters. The van der Waals surface area contributed by atoms with E-state index < -0.39 is 0 Å². The molecule has 0 nitrogen and oxygen atoms in total. The van der Waals surface area contributed by atoms with E-state index in [0.717, 1.165) is 0 Å². The van der Waals surface area contributed by atoms with Crippen molar-refractivity contribution in [2.24, 2.45) is 0 Å². The van der Waals surface area contributed by atoms with Crippen LogP contribution in [0.2, 0.25) is 0 Å². The van der Waals surface area contributed by atoms with Gasteiger partial charge in [0.25, 0.3) is 0 Å². The van der Waals surface area contributed by atoms with Crippen molar-refractivity contribution < 1.29 is 113 Å². The summed E-state index contributed by atoms with van der Waals surface area (Å²) in [6.07, 6.45) is 0. The first kappa shape index (κ1) is 80.0. The maximum absolute atomic E-state index is 0. The standard InChI is InChI=1S/2Al.3Ni.3Pt/q;;3*+2;;;. The molecule has 8 heavy (non-hydrogen) atoms. The fourth-order valence-electron chi connectivity index (χ4n) is 0. The first-order valence-electron chi connectivity index (χ1n) is 0. The molecule has 0 aromatic rings. The molecule has 0 spiro atoms. The predicted molar refractivity (Wildman–Crippen MR) is 11.5 cm³/mol. The summed E-state index contributed by atoms with van der Waals surface area (Å²) in [5, 5.41) is 0. The van der Waals surface area contributed by atoms with Gasteiger partial charge in [-0.05, 0) is 0 Å². The summed E-state index contributed by atoms with van der Waals surface area (Å²) in [6.45, 7) is 0. The van der Waals surface area contributed by atoms with Gasteiger partial charge in [0.2, 0.25) is 0 Å². The Labute approximate surface area is 144 Å². The Bertz CT molecular complexity index is 12.5. The van der Waals surface area contributed by atoms with Gasteiger partial charge in [-0.3, -0.25) is 0 Å². The molecule has 0 heterocycles. The van der Waals surface area contributed by atoms with Crippen molar-refractivity contribution in [1.29, 1.82) is 0 Å². The Balaban J connectivity index is 0. The maximum atomic E-state index is 0. The molecule has 6 radical (unpaired) electrons. The van der Waals surface area contributed by atoms with Crippen LogP contribution in [0.25, 0.3) is 0 Å². The van der Waals surface area contributed by atoms with Gasteiger partial charge in [-0.1, -0.05) is 0 Å². The summed E-state index contributed by atoms with van der Waals surface area (Å²) in [5.41, 5.74) is 0. The van der Waals surface area contributed by atoms with Gasteiger partial charge in [-0.15, -0.1) is 0 Å². The van der Waals surface area contributed by atoms with E-state index in [2.05, 4.69) is 0 Å². The average Bonchev–Trinajstić information content (AvgIpc) is 0. The average molecular weight is 815 g/mol. The smallest absolute Gasteiger partial charge is 0 e. The van der Waals surface area contributed by atoms with Crippen LogP contribution in [0.3, 0.4) is 0 Å². The fraction of sp³-hybridized carbons (Fsp3) is 0. The zero-order valence-corrected chi connectivity index (χ0v) is 15.1. The first-order valence-corrected chi connectivity index (χ1v) is 0. The van der Waals surface area contributed by atoms with E-state index in [4.69, 9.17) is 0 Å². The molecule has 0 saturated heterocycles. The number of rotatable bonds is 0.